The summed E-state index contributed by atoms with van der Waals surface area (Å²) < 4.78 is 4.91. The molecule has 0 radical (unpaired) electrons. The van der Waals surface area contributed by atoms with Crippen LogP contribution in [-0.4, -0.2) is 44.6 Å². The van der Waals surface area contributed by atoms with Crippen molar-refractivity contribution in [1.82, 2.24) is 0 Å². The topological polar surface area (TPSA) is 0 Å². The van der Waals surface area contributed by atoms with Crippen LogP contribution in [0.1, 0.15) is 8.87 Å². The van der Waals surface area contributed by atoms with Crippen molar-refractivity contribution in [3.05, 3.63) is 10.7 Å². The second-order valence-electron chi connectivity index (χ2n) is 1.57. The van der Waals surface area contributed by atoms with Crippen LogP contribution in [0.25, 0.3) is 0 Å². The van der Waals surface area contributed by atoms with Crippen LogP contribution in [0.15, 0.2) is 0 Å². The van der Waals surface area contributed by atoms with E-state index in [1.54, 1.807) is 10.7 Å². The van der Waals surface area contributed by atoms with Gasteiger partial charge >= 0.3 is 69.1 Å². The number of aryl methyl sites for hydroxylation is 2. The normalized spacial score (nSPS) is 9.75. The predicted molar refractivity (Wildman–Crippen MR) is 38.8 cm³/mol. The van der Waals surface area contributed by atoms with Gasteiger partial charge in [-0.2, -0.15) is 0 Å². The Balaban J connectivity index is 3.35. The third-order valence-corrected chi connectivity index (χ3v) is 8.53. The van der Waals surface area contributed by atoms with Crippen molar-refractivity contribution >= 4 is 44.6 Å². The Hall–Kier alpha value is 1.17. The summed E-state index contributed by atoms with van der Waals surface area (Å²) in [7, 11) is 0. The van der Waals surface area contributed by atoms with Gasteiger partial charge in [0, 0.05) is 0 Å². The average molecular weight is 303 g/mol. The Labute approximate surface area is 68.8 Å². The van der Waals surface area contributed by atoms with Crippen molar-refractivity contribution in [2.75, 3.05) is 0 Å². The number of rotatable bonds is 0. The first-order valence-electron chi connectivity index (χ1n) is 2.27. The summed E-state index contributed by atoms with van der Waals surface area (Å²) in [4.78, 5) is 0. The first kappa shape index (κ1) is 7.28. The SMILES string of the molecule is Cc1[se]c(=[Se])[se]c1C. The van der Waals surface area contributed by atoms with E-state index in [1.165, 1.54) is 0 Å². The Bertz CT molecular complexity index is 208. The fourth-order valence-electron chi connectivity index (χ4n) is 0.415. The van der Waals surface area contributed by atoms with Crippen molar-refractivity contribution in [2.24, 2.45) is 0 Å². The van der Waals surface area contributed by atoms with Gasteiger partial charge in [0.2, 0.25) is 0 Å². The molecule has 8 heavy (non-hydrogen) atoms. The van der Waals surface area contributed by atoms with Gasteiger partial charge in [0.05, 0.1) is 0 Å². The summed E-state index contributed by atoms with van der Waals surface area (Å²) in [6, 6.07) is 0. The zero-order chi connectivity index (χ0) is 6.15. The molecule has 0 saturated carbocycles. The third kappa shape index (κ3) is 1.57. The second-order valence-corrected chi connectivity index (χ2v) is 11.5. The molecule has 1 heterocycles. The third-order valence-electron chi connectivity index (χ3n) is 0.969. The summed E-state index contributed by atoms with van der Waals surface area (Å²) in [5.74, 6) is 0. The van der Waals surface area contributed by atoms with E-state index in [4.69, 9.17) is 0 Å². The monoisotopic (exact) mass is 306 g/mol. The quantitative estimate of drug-likeness (QED) is 0.597. The van der Waals surface area contributed by atoms with Gasteiger partial charge < -0.3 is 0 Å². The van der Waals surface area contributed by atoms with E-state index in [9.17, 15) is 0 Å². The van der Waals surface area contributed by atoms with Crippen LogP contribution < -0.4 is 0 Å². The van der Waals surface area contributed by atoms with E-state index >= 15 is 0 Å². The van der Waals surface area contributed by atoms with Crippen LogP contribution >= 0.6 is 0 Å². The van der Waals surface area contributed by atoms with Crippen molar-refractivity contribution in [3.8, 4) is 0 Å². The summed E-state index contributed by atoms with van der Waals surface area (Å²) in [5, 5.41) is 0. The number of hydrogen-bond acceptors (Lipinski definition) is 0. The molecular formula is C5H6Se3. The standard InChI is InChI=1S/C5H6Se3/c1-3-4(2)8-5(6)7-3/h1-2H3. The van der Waals surface area contributed by atoms with Gasteiger partial charge in [-0.15, -0.1) is 0 Å². The van der Waals surface area contributed by atoms with Gasteiger partial charge in [0.1, 0.15) is 0 Å². The molecule has 1 aromatic heterocycles. The van der Waals surface area contributed by atoms with E-state index in [-0.39, 0.29) is 0 Å². The molecule has 0 N–H and O–H groups in total. The molecule has 0 nitrogen and oxygen atoms in total. The average Bonchev–Trinajstić information content (AvgIpc) is 1.85. The molecule has 0 amide bonds. The fourth-order valence-corrected chi connectivity index (χ4v) is 8.97. The Morgan fingerprint density at radius 3 is 1.62 bits per heavy atom. The second kappa shape index (κ2) is 2.83. The van der Waals surface area contributed by atoms with Crippen LogP contribution in [0, 0.1) is 15.7 Å². The van der Waals surface area contributed by atoms with E-state index in [1.807, 2.05) is 0 Å². The van der Waals surface area contributed by atoms with E-state index in [0.29, 0.717) is 0 Å². The van der Waals surface area contributed by atoms with Crippen molar-refractivity contribution in [1.29, 1.82) is 0 Å². The molecule has 0 aromatic carbocycles. The molecular weight excluding hydrogens is 297 g/mol. The van der Waals surface area contributed by atoms with Gasteiger partial charge in [-0.1, -0.05) is 0 Å². The summed E-state index contributed by atoms with van der Waals surface area (Å²) in [5.41, 5.74) is 0. The molecule has 0 aliphatic rings. The van der Waals surface area contributed by atoms with Crippen molar-refractivity contribution in [2.45, 2.75) is 13.8 Å². The molecule has 0 spiro atoms. The van der Waals surface area contributed by atoms with Gasteiger partial charge in [0.25, 0.3) is 0 Å². The Morgan fingerprint density at radius 2 is 1.50 bits per heavy atom. The Morgan fingerprint density at radius 1 is 1.12 bits per heavy atom. The minimum atomic E-state index is 0.726. The van der Waals surface area contributed by atoms with Crippen molar-refractivity contribution < 1.29 is 0 Å². The molecule has 1 aromatic rings. The first-order valence-corrected chi connectivity index (χ1v) is 6.55. The molecule has 44 valence electrons. The molecule has 0 unspecified atom stereocenters. The molecule has 0 fully saturated rings. The molecule has 1 rings (SSSR count). The maximum absolute atomic E-state index is 3.13. The number of hydrogen-bond donors (Lipinski definition) is 0. The van der Waals surface area contributed by atoms with Crippen LogP contribution in [0.3, 0.4) is 0 Å². The molecule has 3 heteroatoms. The van der Waals surface area contributed by atoms with E-state index in [2.05, 4.69) is 29.4 Å². The van der Waals surface area contributed by atoms with Gasteiger partial charge in [-0.25, -0.2) is 0 Å². The molecule has 0 bridgehead atoms. The van der Waals surface area contributed by atoms with Gasteiger partial charge in [0.15, 0.2) is 0 Å². The van der Waals surface area contributed by atoms with E-state index in [0.717, 1.165) is 29.0 Å². The minimum absolute atomic E-state index is 0.726. The molecule has 0 atom stereocenters. The maximum atomic E-state index is 3.13. The van der Waals surface area contributed by atoms with Crippen molar-refractivity contribution in [3.63, 3.8) is 0 Å². The van der Waals surface area contributed by atoms with Crippen LogP contribution in [0.5, 0.6) is 0 Å². The zero-order valence-electron chi connectivity index (χ0n) is 4.72. The molecule has 0 aliphatic heterocycles. The summed E-state index contributed by atoms with van der Waals surface area (Å²) in [6.45, 7) is 4.50. The van der Waals surface area contributed by atoms with Gasteiger partial charge in [-0.3, -0.25) is 0 Å². The summed E-state index contributed by atoms with van der Waals surface area (Å²) >= 11 is 4.58. The van der Waals surface area contributed by atoms with E-state index < -0.39 is 0 Å². The fraction of sp³-hybridized carbons (Fsp3) is 0.400. The Kier molecular flexibility index (Phi) is 2.58. The molecule has 0 saturated heterocycles. The predicted octanol–water partition coefficient (Wildman–Crippen LogP) is 0.118. The zero-order valence-corrected chi connectivity index (χ0v) is 9.86. The van der Waals surface area contributed by atoms with Crippen LogP contribution in [0.2, 0.25) is 0 Å². The first-order chi connectivity index (χ1) is 3.70. The molecule has 0 aliphatic carbocycles. The summed E-state index contributed by atoms with van der Waals surface area (Å²) in [6.07, 6.45) is 0. The van der Waals surface area contributed by atoms with Crippen LogP contribution in [0.4, 0.5) is 0 Å². The van der Waals surface area contributed by atoms with Crippen LogP contribution in [-0.2, 0) is 0 Å². The van der Waals surface area contributed by atoms with Gasteiger partial charge in [-0.05, 0) is 0 Å².